The Morgan fingerprint density at radius 2 is 1.64 bits per heavy atom. The Hall–Kier alpha value is -3.41. The highest BCUT2D eigenvalue weighted by Gasteiger charge is 2.21. The summed E-state index contributed by atoms with van der Waals surface area (Å²) in [6, 6.07) is 18.9. The number of hydrogen-bond acceptors (Lipinski definition) is 3. The van der Waals surface area contributed by atoms with Gasteiger partial charge in [-0.05, 0) is 24.1 Å². The van der Waals surface area contributed by atoms with Crippen LogP contribution in [0.4, 0.5) is 5.69 Å². The Labute approximate surface area is 164 Å². The van der Waals surface area contributed by atoms with E-state index >= 15 is 0 Å². The lowest BCUT2D eigenvalue weighted by Gasteiger charge is -2.12. The van der Waals surface area contributed by atoms with Crippen LogP contribution in [-0.2, 0) is 13.1 Å². The third-order valence-corrected chi connectivity index (χ3v) is 4.35. The van der Waals surface area contributed by atoms with Gasteiger partial charge in [0.05, 0.1) is 6.20 Å². The molecule has 0 atom stereocenters. The third-order valence-electron chi connectivity index (χ3n) is 4.35. The predicted molar refractivity (Wildman–Crippen MR) is 109 cm³/mol. The number of carbonyl (C=O) groups excluding carboxylic acids is 2. The van der Waals surface area contributed by atoms with Gasteiger partial charge in [0, 0.05) is 18.8 Å². The molecule has 6 nitrogen and oxygen atoms in total. The quantitative estimate of drug-likeness (QED) is 0.627. The molecular formula is C22H24N4O2. The number of unbranched alkanes of at least 4 members (excludes halogenated alkanes) is 1. The summed E-state index contributed by atoms with van der Waals surface area (Å²) < 4.78 is 1.70. The van der Waals surface area contributed by atoms with E-state index < -0.39 is 0 Å². The Morgan fingerprint density at radius 1 is 0.964 bits per heavy atom. The maximum atomic E-state index is 12.7. The molecule has 0 bridgehead atoms. The molecular weight excluding hydrogens is 352 g/mol. The van der Waals surface area contributed by atoms with Gasteiger partial charge >= 0.3 is 0 Å². The molecule has 2 amide bonds. The lowest BCUT2D eigenvalue weighted by Crippen LogP contribution is -2.28. The van der Waals surface area contributed by atoms with E-state index in [1.807, 2.05) is 60.7 Å². The standard InChI is InChI=1S/C22H24N4O2/c1-2-3-14-26-19(21(27)25-18-12-8-5-9-13-18)16-23-20(26)22(28)24-15-17-10-6-4-7-11-17/h4-13,16H,2-3,14-15H2,1H3,(H,24,28)(H,25,27). The first-order valence-corrected chi connectivity index (χ1v) is 9.43. The van der Waals surface area contributed by atoms with Crippen molar-refractivity contribution in [3.63, 3.8) is 0 Å². The van der Waals surface area contributed by atoms with Crippen LogP contribution < -0.4 is 10.6 Å². The number of rotatable bonds is 8. The number of para-hydroxylation sites is 1. The summed E-state index contributed by atoms with van der Waals surface area (Å²) in [6.45, 7) is 3.03. The van der Waals surface area contributed by atoms with Crippen LogP contribution in [0.25, 0.3) is 0 Å². The summed E-state index contributed by atoms with van der Waals surface area (Å²) in [5, 5.41) is 5.73. The van der Waals surface area contributed by atoms with Crippen molar-refractivity contribution in [2.45, 2.75) is 32.9 Å². The average molecular weight is 376 g/mol. The number of anilines is 1. The van der Waals surface area contributed by atoms with Gasteiger partial charge in [-0.15, -0.1) is 0 Å². The van der Waals surface area contributed by atoms with Gasteiger partial charge in [-0.2, -0.15) is 0 Å². The van der Waals surface area contributed by atoms with Crippen LogP contribution in [0, 0.1) is 0 Å². The van der Waals surface area contributed by atoms with E-state index in [0.29, 0.717) is 24.5 Å². The zero-order chi connectivity index (χ0) is 19.8. The van der Waals surface area contributed by atoms with Crippen molar-refractivity contribution < 1.29 is 9.59 Å². The predicted octanol–water partition coefficient (Wildman–Crippen LogP) is 3.87. The molecule has 0 radical (unpaired) electrons. The number of aromatic nitrogens is 2. The van der Waals surface area contributed by atoms with Gasteiger partial charge in [0.15, 0.2) is 5.82 Å². The normalized spacial score (nSPS) is 10.5. The number of carbonyl (C=O) groups is 2. The topological polar surface area (TPSA) is 76.0 Å². The first-order valence-electron chi connectivity index (χ1n) is 9.43. The minimum Gasteiger partial charge on any atom is -0.345 e. The van der Waals surface area contributed by atoms with Crippen LogP contribution in [0.3, 0.4) is 0 Å². The molecule has 2 N–H and O–H groups in total. The highest BCUT2D eigenvalue weighted by molar-refractivity contribution is 6.04. The summed E-state index contributed by atoms with van der Waals surface area (Å²) in [6.07, 6.45) is 3.26. The van der Waals surface area contributed by atoms with Crippen LogP contribution >= 0.6 is 0 Å². The summed E-state index contributed by atoms with van der Waals surface area (Å²) in [7, 11) is 0. The lowest BCUT2D eigenvalue weighted by molar-refractivity contribution is 0.0935. The van der Waals surface area contributed by atoms with Crippen molar-refractivity contribution in [2.24, 2.45) is 0 Å². The van der Waals surface area contributed by atoms with Crippen LogP contribution in [0.5, 0.6) is 0 Å². The fourth-order valence-corrected chi connectivity index (χ4v) is 2.85. The van der Waals surface area contributed by atoms with Crippen LogP contribution in [0.2, 0.25) is 0 Å². The van der Waals surface area contributed by atoms with Gasteiger partial charge < -0.3 is 15.2 Å². The van der Waals surface area contributed by atoms with E-state index in [4.69, 9.17) is 0 Å². The Bertz CT molecular complexity index is 920. The van der Waals surface area contributed by atoms with Crippen LogP contribution in [0.15, 0.2) is 66.9 Å². The molecule has 0 unspecified atom stereocenters. The summed E-state index contributed by atoms with van der Waals surface area (Å²) >= 11 is 0. The van der Waals surface area contributed by atoms with Crippen molar-refractivity contribution in [3.8, 4) is 0 Å². The second-order valence-corrected chi connectivity index (χ2v) is 6.46. The lowest BCUT2D eigenvalue weighted by atomic mass is 10.2. The van der Waals surface area contributed by atoms with Gasteiger partial charge in [-0.3, -0.25) is 9.59 Å². The van der Waals surface area contributed by atoms with Gasteiger partial charge in [-0.1, -0.05) is 61.9 Å². The fourth-order valence-electron chi connectivity index (χ4n) is 2.85. The number of hydrogen-bond donors (Lipinski definition) is 2. The van der Waals surface area contributed by atoms with Gasteiger partial charge in [-0.25, -0.2) is 4.98 Å². The maximum absolute atomic E-state index is 12.7. The molecule has 1 heterocycles. The Kier molecular flexibility index (Phi) is 6.57. The number of benzene rings is 2. The Morgan fingerprint density at radius 3 is 2.32 bits per heavy atom. The van der Waals surface area contributed by atoms with Crippen molar-refractivity contribution in [1.82, 2.24) is 14.9 Å². The number of nitrogens with zero attached hydrogens (tertiary/aromatic N) is 2. The minimum absolute atomic E-state index is 0.252. The first kappa shape index (κ1) is 19.4. The molecule has 0 spiro atoms. The van der Waals surface area contributed by atoms with Crippen molar-refractivity contribution in [1.29, 1.82) is 0 Å². The van der Waals surface area contributed by atoms with Gasteiger partial charge in [0.25, 0.3) is 11.8 Å². The highest BCUT2D eigenvalue weighted by atomic mass is 16.2. The van der Waals surface area contributed by atoms with E-state index in [1.54, 1.807) is 4.57 Å². The largest absolute Gasteiger partial charge is 0.345 e. The molecule has 0 aliphatic heterocycles. The fraction of sp³-hybridized carbons (Fsp3) is 0.227. The van der Waals surface area contributed by atoms with Crippen LogP contribution in [0.1, 0.15) is 46.4 Å². The zero-order valence-corrected chi connectivity index (χ0v) is 15.9. The first-order chi connectivity index (χ1) is 13.7. The minimum atomic E-state index is -0.293. The number of amides is 2. The average Bonchev–Trinajstić information content (AvgIpc) is 3.16. The molecule has 1 aromatic heterocycles. The molecule has 28 heavy (non-hydrogen) atoms. The monoisotopic (exact) mass is 376 g/mol. The second kappa shape index (κ2) is 9.50. The molecule has 6 heteroatoms. The zero-order valence-electron chi connectivity index (χ0n) is 15.9. The molecule has 0 fully saturated rings. The van der Waals surface area contributed by atoms with E-state index in [-0.39, 0.29) is 17.6 Å². The summed E-state index contributed by atoms with van der Waals surface area (Å²) in [5.74, 6) is -0.321. The summed E-state index contributed by atoms with van der Waals surface area (Å²) in [5.41, 5.74) is 2.08. The molecule has 0 aliphatic rings. The van der Waals surface area contributed by atoms with E-state index in [2.05, 4.69) is 22.5 Å². The second-order valence-electron chi connectivity index (χ2n) is 6.46. The van der Waals surface area contributed by atoms with Crippen molar-refractivity contribution in [2.75, 3.05) is 5.32 Å². The molecule has 3 aromatic rings. The molecule has 0 saturated carbocycles. The summed E-state index contributed by atoms with van der Waals surface area (Å²) in [4.78, 5) is 29.6. The van der Waals surface area contributed by atoms with Crippen molar-refractivity contribution in [3.05, 3.63) is 83.9 Å². The molecule has 144 valence electrons. The van der Waals surface area contributed by atoms with E-state index in [9.17, 15) is 9.59 Å². The Balaban J connectivity index is 1.77. The van der Waals surface area contributed by atoms with E-state index in [0.717, 1.165) is 18.4 Å². The van der Waals surface area contributed by atoms with Crippen molar-refractivity contribution >= 4 is 17.5 Å². The smallest absolute Gasteiger partial charge is 0.287 e. The molecule has 2 aromatic carbocycles. The third kappa shape index (κ3) is 4.85. The van der Waals surface area contributed by atoms with Gasteiger partial charge in [0.2, 0.25) is 0 Å². The van der Waals surface area contributed by atoms with E-state index in [1.165, 1.54) is 6.20 Å². The van der Waals surface area contributed by atoms with Crippen LogP contribution in [-0.4, -0.2) is 21.4 Å². The number of nitrogens with one attached hydrogen (secondary N) is 2. The maximum Gasteiger partial charge on any atom is 0.287 e. The van der Waals surface area contributed by atoms with Gasteiger partial charge in [0.1, 0.15) is 5.69 Å². The molecule has 3 rings (SSSR count). The molecule has 0 saturated heterocycles. The SMILES string of the molecule is CCCCn1c(C(=O)Nc2ccccc2)cnc1C(=O)NCc1ccccc1. The number of imidazole rings is 1. The molecule has 0 aliphatic carbocycles. The highest BCUT2D eigenvalue weighted by Crippen LogP contribution is 2.13.